The number of fused-ring (bicyclic) bond motifs is 1. The highest BCUT2D eigenvalue weighted by Gasteiger charge is 2.08. The number of benzene rings is 5. The van der Waals surface area contributed by atoms with Crippen LogP contribution in [0.1, 0.15) is 5.56 Å². The molecule has 0 spiro atoms. The van der Waals surface area contributed by atoms with Crippen molar-refractivity contribution in [2.24, 2.45) is 0 Å². The molecule has 0 fully saturated rings. The zero-order chi connectivity index (χ0) is 19.6. The minimum Gasteiger partial charge on any atom is -0.0622 e. The molecule has 0 atom stereocenters. The average molecular weight is 370 g/mol. The van der Waals surface area contributed by atoms with Crippen molar-refractivity contribution < 1.29 is 0 Å². The largest absolute Gasteiger partial charge is 0.0622 e. The van der Waals surface area contributed by atoms with Gasteiger partial charge in [-0.15, -0.1) is 0 Å². The van der Waals surface area contributed by atoms with Crippen LogP contribution >= 0.6 is 0 Å². The zero-order valence-corrected chi connectivity index (χ0v) is 16.5. The molecule has 0 bridgehead atoms. The molecule has 138 valence electrons. The molecule has 0 heteroatoms. The third-order valence-corrected chi connectivity index (χ3v) is 5.62. The highest BCUT2D eigenvalue weighted by atomic mass is 14.1. The smallest absolute Gasteiger partial charge is 0.0103 e. The van der Waals surface area contributed by atoms with Gasteiger partial charge in [0.05, 0.1) is 0 Å². The van der Waals surface area contributed by atoms with Gasteiger partial charge in [-0.05, 0) is 68.8 Å². The molecule has 0 saturated heterocycles. The van der Waals surface area contributed by atoms with Crippen LogP contribution in [0.3, 0.4) is 0 Å². The summed E-state index contributed by atoms with van der Waals surface area (Å²) in [5.74, 6) is 0. The molecule has 0 unspecified atom stereocenters. The number of hydrogen-bond donors (Lipinski definition) is 0. The first-order valence-electron chi connectivity index (χ1n) is 10.0. The fraction of sp³-hybridized carbons (Fsp3) is 0.0345. The normalized spacial score (nSPS) is 10.9. The molecule has 0 saturated carbocycles. The summed E-state index contributed by atoms with van der Waals surface area (Å²) in [4.78, 5) is 0. The van der Waals surface area contributed by atoms with E-state index in [2.05, 4.69) is 122 Å². The van der Waals surface area contributed by atoms with Crippen LogP contribution in [0.2, 0.25) is 0 Å². The van der Waals surface area contributed by atoms with E-state index in [-0.39, 0.29) is 0 Å². The molecule has 0 aliphatic rings. The van der Waals surface area contributed by atoms with Crippen molar-refractivity contribution in [3.63, 3.8) is 0 Å². The lowest BCUT2D eigenvalue weighted by Crippen LogP contribution is -1.86. The van der Waals surface area contributed by atoms with E-state index in [0.717, 1.165) is 0 Å². The van der Waals surface area contributed by atoms with Crippen LogP contribution in [0.5, 0.6) is 0 Å². The first kappa shape index (κ1) is 17.5. The maximum absolute atomic E-state index is 2.31. The average Bonchev–Trinajstić information content (AvgIpc) is 2.80. The van der Waals surface area contributed by atoms with Gasteiger partial charge in [-0.2, -0.15) is 0 Å². The standard InChI is InChI=1S/C29H22/c1-21-17-18-28(29-16-6-5-15-27(21)29)26-14-8-13-25(20-26)24-12-7-11-23(19-24)22-9-3-2-4-10-22/h2-20H,1H3. The third-order valence-electron chi connectivity index (χ3n) is 5.62. The Morgan fingerprint density at radius 1 is 0.379 bits per heavy atom. The van der Waals surface area contributed by atoms with Crippen molar-refractivity contribution in [1.82, 2.24) is 0 Å². The van der Waals surface area contributed by atoms with Crippen molar-refractivity contribution in [2.45, 2.75) is 6.92 Å². The van der Waals surface area contributed by atoms with E-state index in [1.807, 2.05) is 0 Å². The molecule has 5 aromatic carbocycles. The van der Waals surface area contributed by atoms with Crippen molar-refractivity contribution in [1.29, 1.82) is 0 Å². The summed E-state index contributed by atoms with van der Waals surface area (Å²) in [5.41, 5.74) is 8.83. The van der Waals surface area contributed by atoms with Gasteiger partial charge < -0.3 is 0 Å². The second-order valence-electron chi connectivity index (χ2n) is 7.50. The SMILES string of the molecule is Cc1ccc(-c2cccc(-c3cccc(-c4ccccc4)c3)c2)c2ccccc12. The molecular formula is C29H22. The van der Waals surface area contributed by atoms with E-state index >= 15 is 0 Å². The van der Waals surface area contributed by atoms with Gasteiger partial charge in [0.1, 0.15) is 0 Å². The van der Waals surface area contributed by atoms with Crippen LogP contribution in [-0.4, -0.2) is 0 Å². The van der Waals surface area contributed by atoms with E-state index in [4.69, 9.17) is 0 Å². The molecular weight excluding hydrogens is 348 g/mol. The van der Waals surface area contributed by atoms with Gasteiger partial charge >= 0.3 is 0 Å². The van der Waals surface area contributed by atoms with Crippen LogP contribution in [0.15, 0.2) is 115 Å². The lowest BCUT2D eigenvalue weighted by molar-refractivity contribution is 1.52. The second kappa shape index (κ2) is 7.41. The fourth-order valence-corrected chi connectivity index (χ4v) is 4.08. The molecule has 0 radical (unpaired) electrons. The van der Waals surface area contributed by atoms with Gasteiger partial charge in [-0.3, -0.25) is 0 Å². The molecule has 5 aromatic rings. The summed E-state index contributed by atoms with van der Waals surface area (Å²) < 4.78 is 0. The Kier molecular flexibility index (Phi) is 4.46. The molecule has 0 aliphatic heterocycles. The molecule has 0 amide bonds. The number of hydrogen-bond acceptors (Lipinski definition) is 0. The minimum absolute atomic E-state index is 1.24. The quantitative estimate of drug-likeness (QED) is 0.300. The highest BCUT2D eigenvalue weighted by molar-refractivity contribution is 5.99. The van der Waals surface area contributed by atoms with Gasteiger partial charge in [-0.1, -0.05) is 103 Å². The summed E-state index contributed by atoms with van der Waals surface area (Å²) in [7, 11) is 0. The van der Waals surface area contributed by atoms with Gasteiger partial charge in [0.25, 0.3) is 0 Å². The first-order valence-corrected chi connectivity index (χ1v) is 10.0. The predicted molar refractivity (Wildman–Crippen MR) is 125 cm³/mol. The third kappa shape index (κ3) is 3.34. The number of aryl methyl sites for hydroxylation is 1. The molecule has 0 aromatic heterocycles. The first-order chi connectivity index (χ1) is 14.3. The Morgan fingerprint density at radius 3 is 1.62 bits per heavy atom. The predicted octanol–water partition coefficient (Wildman–Crippen LogP) is 8.15. The fourth-order valence-electron chi connectivity index (χ4n) is 4.08. The van der Waals surface area contributed by atoms with E-state index in [1.165, 1.54) is 49.7 Å². The van der Waals surface area contributed by atoms with Crippen molar-refractivity contribution in [2.75, 3.05) is 0 Å². The van der Waals surface area contributed by atoms with Gasteiger partial charge in [-0.25, -0.2) is 0 Å². The summed E-state index contributed by atoms with van der Waals surface area (Å²) in [5, 5.41) is 2.63. The Hall–Kier alpha value is -3.64. The summed E-state index contributed by atoms with van der Waals surface area (Å²) >= 11 is 0. The molecule has 0 N–H and O–H groups in total. The monoisotopic (exact) mass is 370 g/mol. The maximum atomic E-state index is 2.31. The molecule has 0 nitrogen and oxygen atoms in total. The zero-order valence-electron chi connectivity index (χ0n) is 16.5. The Morgan fingerprint density at radius 2 is 0.897 bits per heavy atom. The van der Waals surface area contributed by atoms with Crippen LogP contribution in [-0.2, 0) is 0 Å². The van der Waals surface area contributed by atoms with Crippen LogP contribution in [0.4, 0.5) is 0 Å². The Balaban J connectivity index is 1.61. The van der Waals surface area contributed by atoms with E-state index in [9.17, 15) is 0 Å². The number of rotatable bonds is 3. The summed E-state index contributed by atoms with van der Waals surface area (Å²) in [6, 6.07) is 41.4. The lowest BCUT2D eigenvalue weighted by Gasteiger charge is -2.12. The molecule has 0 heterocycles. The van der Waals surface area contributed by atoms with E-state index in [0.29, 0.717) is 0 Å². The topological polar surface area (TPSA) is 0 Å². The van der Waals surface area contributed by atoms with Gasteiger partial charge in [0.15, 0.2) is 0 Å². The lowest BCUT2D eigenvalue weighted by atomic mass is 9.93. The summed E-state index contributed by atoms with van der Waals surface area (Å²) in [6.07, 6.45) is 0. The molecule has 29 heavy (non-hydrogen) atoms. The van der Waals surface area contributed by atoms with E-state index in [1.54, 1.807) is 0 Å². The highest BCUT2D eigenvalue weighted by Crippen LogP contribution is 2.34. The van der Waals surface area contributed by atoms with Crippen molar-refractivity contribution in [3.05, 3.63) is 121 Å². The van der Waals surface area contributed by atoms with Crippen LogP contribution < -0.4 is 0 Å². The molecule has 0 aliphatic carbocycles. The minimum atomic E-state index is 1.24. The van der Waals surface area contributed by atoms with Gasteiger partial charge in [0, 0.05) is 0 Å². The van der Waals surface area contributed by atoms with Crippen molar-refractivity contribution in [3.8, 4) is 33.4 Å². The van der Waals surface area contributed by atoms with Crippen LogP contribution in [0.25, 0.3) is 44.2 Å². The Bertz CT molecular complexity index is 1300. The van der Waals surface area contributed by atoms with Crippen LogP contribution in [0, 0.1) is 6.92 Å². The Labute approximate surface area is 172 Å². The van der Waals surface area contributed by atoms with Gasteiger partial charge in [0.2, 0.25) is 0 Å². The summed E-state index contributed by atoms with van der Waals surface area (Å²) in [6.45, 7) is 2.18. The maximum Gasteiger partial charge on any atom is -0.0103 e. The molecule has 5 rings (SSSR count). The second-order valence-corrected chi connectivity index (χ2v) is 7.50. The van der Waals surface area contributed by atoms with Crippen molar-refractivity contribution >= 4 is 10.8 Å². The van der Waals surface area contributed by atoms with E-state index < -0.39 is 0 Å².